The van der Waals surface area contributed by atoms with E-state index in [2.05, 4.69) is 0 Å². The number of ketones is 1. The predicted octanol–water partition coefficient (Wildman–Crippen LogP) is 2.02. The van der Waals surface area contributed by atoms with Gasteiger partial charge in [-0.3, -0.25) is 14.4 Å². The van der Waals surface area contributed by atoms with Crippen molar-refractivity contribution in [3.63, 3.8) is 0 Å². The number of hydrogen-bond donors (Lipinski definition) is 0. The molecule has 0 fully saturated rings. The first-order chi connectivity index (χ1) is 9.81. The van der Waals surface area contributed by atoms with Crippen LogP contribution in [-0.4, -0.2) is 28.4 Å². The number of fused-ring (bicyclic) bond motifs is 1. The second-order valence-electron chi connectivity index (χ2n) is 4.93. The Hall–Kier alpha value is -2.37. The van der Waals surface area contributed by atoms with E-state index in [1.807, 2.05) is 0 Å². The molecule has 0 N–H and O–H groups in total. The van der Waals surface area contributed by atoms with E-state index in [4.69, 9.17) is 9.47 Å². The van der Waals surface area contributed by atoms with Crippen LogP contribution in [0.4, 0.5) is 0 Å². The van der Waals surface area contributed by atoms with Gasteiger partial charge in [0, 0.05) is 30.8 Å². The van der Waals surface area contributed by atoms with Gasteiger partial charge in [0.15, 0.2) is 11.9 Å². The standard InChI is InChI=1S/C15H17NO5/c1-8-13(9(2)17)7-12-5-6-14(20-10(3)18)15(16(8)12)21-11(4)19/h5-7,14-15H,1-4H3. The lowest BCUT2D eigenvalue weighted by atomic mass is 10.2. The van der Waals surface area contributed by atoms with Gasteiger partial charge >= 0.3 is 11.9 Å². The number of ether oxygens (including phenoxy) is 2. The second-order valence-corrected chi connectivity index (χ2v) is 4.93. The number of aromatic nitrogens is 1. The second kappa shape index (κ2) is 5.55. The monoisotopic (exact) mass is 291 g/mol. The summed E-state index contributed by atoms with van der Waals surface area (Å²) in [5, 5.41) is 0. The zero-order chi connectivity index (χ0) is 15.7. The van der Waals surface area contributed by atoms with Gasteiger partial charge in [-0.1, -0.05) is 0 Å². The summed E-state index contributed by atoms with van der Waals surface area (Å²) in [6.07, 6.45) is 1.87. The van der Waals surface area contributed by atoms with E-state index >= 15 is 0 Å². The molecule has 112 valence electrons. The molecule has 1 aromatic rings. The lowest BCUT2D eigenvalue weighted by Gasteiger charge is -2.30. The summed E-state index contributed by atoms with van der Waals surface area (Å²) in [6.45, 7) is 5.81. The van der Waals surface area contributed by atoms with E-state index in [-0.39, 0.29) is 5.78 Å². The maximum Gasteiger partial charge on any atom is 0.304 e. The highest BCUT2D eigenvalue weighted by atomic mass is 16.6. The van der Waals surface area contributed by atoms with Crippen molar-refractivity contribution in [1.29, 1.82) is 0 Å². The average Bonchev–Trinajstić information content (AvgIpc) is 2.69. The molecule has 2 unspecified atom stereocenters. The fraction of sp³-hybridized carbons (Fsp3) is 0.400. The molecule has 0 radical (unpaired) electrons. The van der Waals surface area contributed by atoms with Crippen LogP contribution in [0.2, 0.25) is 0 Å². The summed E-state index contributed by atoms with van der Waals surface area (Å²) >= 11 is 0. The van der Waals surface area contributed by atoms with Gasteiger partial charge in [-0.2, -0.15) is 0 Å². The molecule has 2 rings (SSSR count). The molecule has 0 bridgehead atoms. The zero-order valence-corrected chi connectivity index (χ0v) is 12.4. The minimum Gasteiger partial charge on any atom is -0.452 e. The van der Waals surface area contributed by atoms with Crippen LogP contribution in [0, 0.1) is 6.92 Å². The molecule has 0 aromatic carbocycles. The first-order valence-corrected chi connectivity index (χ1v) is 6.56. The van der Waals surface area contributed by atoms with Crippen LogP contribution in [0.3, 0.4) is 0 Å². The Morgan fingerprint density at radius 1 is 1.10 bits per heavy atom. The highest BCUT2D eigenvalue weighted by Crippen LogP contribution is 2.31. The van der Waals surface area contributed by atoms with Crippen LogP contribution in [0.1, 0.15) is 48.7 Å². The Balaban J connectivity index is 2.49. The number of carbonyl (C=O) groups excluding carboxylic acids is 3. The Labute approximate surface area is 122 Å². The third-order valence-corrected chi connectivity index (χ3v) is 3.28. The Morgan fingerprint density at radius 3 is 2.24 bits per heavy atom. The zero-order valence-electron chi connectivity index (χ0n) is 12.4. The number of carbonyl (C=O) groups is 3. The van der Waals surface area contributed by atoms with Crippen molar-refractivity contribution in [2.45, 2.75) is 40.0 Å². The SMILES string of the molecule is CC(=O)OC1C=Cc2cc(C(C)=O)c(C)n2C1OC(C)=O. The van der Waals surface area contributed by atoms with Gasteiger partial charge in [0.1, 0.15) is 0 Å². The van der Waals surface area contributed by atoms with Gasteiger partial charge in [0.25, 0.3) is 0 Å². The highest BCUT2D eigenvalue weighted by Gasteiger charge is 2.33. The molecule has 1 aliphatic heterocycles. The topological polar surface area (TPSA) is 74.6 Å². The molecule has 2 atom stereocenters. The van der Waals surface area contributed by atoms with E-state index in [1.54, 1.807) is 29.7 Å². The van der Waals surface area contributed by atoms with E-state index in [1.165, 1.54) is 20.8 Å². The van der Waals surface area contributed by atoms with Crippen molar-refractivity contribution in [2.75, 3.05) is 0 Å². The predicted molar refractivity (Wildman–Crippen MR) is 74.6 cm³/mol. The van der Waals surface area contributed by atoms with Gasteiger partial charge in [-0.25, -0.2) is 0 Å². The van der Waals surface area contributed by atoms with Gasteiger partial charge in [0.2, 0.25) is 6.23 Å². The van der Waals surface area contributed by atoms with Crippen molar-refractivity contribution in [2.24, 2.45) is 0 Å². The molecule has 21 heavy (non-hydrogen) atoms. The lowest BCUT2D eigenvalue weighted by Crippen LogP contribution is -2.33. The number of esters is 2. The van der Waals surface area contributed by atoms with Gasteiger partial charge in [-0.05, 0) is 32.1 Å². The largest absolute Gasteiger partial charge is 0.452 e. The Morgan fingerprint density at radius 2 is 1.71 bits per heavy atom. The minimum absolute atomic E-state index is 0.0755. The van der Waals surface area contributed by atoms with Crippen LogP contribution in [0.15, 0.2) is 12.1 Å². The average molecular weight is 291 g/mol. The summed E-state index contributed by atoms with van der Waals surface area (Å²) in [4.78, 5) is 34.2. The summed E-state index contributed by atoms with van der Waals surface area (Å²) in [5.74, 6) is -1.04. The molecular weight excluding hydrogens is 274 g/mol. The first kappa shape index (κ1) is 15.0. The maximum absolute atomic E-state index is 11.6. The Kier molecular flexibility index (Phi) is 3.97. The minimum atomic E-state index is -0.806. The lowest BCUT2D eigenvalue weighted by molar-refractivity contribution is -0.169. The van der Waals surface area contributed by atoms with Crippen molar-refractivity contribution < 1.29 is 23.9 Å². The maximum atomic E-state index is 11.6. The number of rotatable bonds is 3. The van der Waals surface area contributed by atoms with Crippen molar-refractivity contribution in [3.05, 3.63) is 29.1 Å². The summed E-state index contributed by atoms with van der Waals surface area (Å²) < 4.78 is 12.2. The quantitative estimate of drug-likeness (QED) is 0.629. The fourth-order valence-electron chi connectivity index (χ4n) is 2.48. The van der Waals surface area contributed by atoms with E-state index in [9.17, 15) is 14.4 Å². The van der Waals surface area contributed by atoms with E-state index < -0.39 is 24.3 Å². The molecule has 0 spiro atoms. The smallest absolute Gasteiger partial charge is 0.304 e. The fourth-order valence-corrected chi connectivity index (χ4v) is 2.48. The molecule has 1 aromatic heterocycles. The highest BCUT2D eigenvalue weighted by molar-refractivity contribution is 5.96. The molecule has 6 nitrogen and oxygen atoms in total. The number of Topliss-reactive ketones (excluding diaryl/α,β-unsaturated/α-hetero) is 1. The molecule has 2 heterocycles. The van der Waals surface area contributed by atoms with Crippen molar-refractivity contribution in [1.82, 2.24) is 4.57 Å². The third kappa shape index (κ3) is 2.89. The normalized spacial score (nSPS) is 19.8. The number of hydrogen-bond acceptors (Lipinski definition) is 5. The van der Waals surface area contributed by atoms with E-state index in [0.29, 0.717) is 11.3 Å². The van der Waals surface area contributed by atoms with Crippen LogP contribution in [0.25, 0.3) is 6.08 Å². The van der Waals surface area contributed by atoms with Crippen LogP contribution >= 0.6 is 0 Å². The molecule has 0 saturated heterocycles. The summed E-state index contributed by atoms with van der Waals surface area (Å²) in [7, 11) is 0. The van der Waals surface area contributed by atoms with E-state index in [0.717, 1.165) is 5.69 Å². The Bertz CT molecular complexity index is 641. The van der Waals surface area contributed by atoms with Gasteiger partial charge < -0.3 is 14.0 Å². The molecule has 1 aliphatic rings. The van der Waals surface area contributed by atoms with Crippen molar-refractivity contribution in [3.8, 4) is 0 Å². The molecule has 0 aliphatic carbocycles. The first-order valence-electron chi connectivity index (χ1n) is 6.56. The van der Waals surface area contributed by atoms with Gasteiger partial charge in [0.05, 0.1) is 0 Å². The summed E-state index contributed by atoms with van der Waals surface area (Å²) in [5.41, 5.74) is 1.95. The summed E-state index contributed by atoms with van der Waals surface area (Å²) in [6, 6.07) is 1.73. The molecule has 0 amide bonds. The molecular formula is C15H17NO5. The molecule has 0 saturated carbocycles. The number of nitrogens with zero attached hydrogens (tertiary/aromatic N) is 1. The molecule has 6 heteroatoms. The van der Waals surface area contributed by atoms with Crippen LogP contribution in [0.5, 0.6) is 0 Å². The van der Waals surface area contributed by atoms with Crippen LogP contribution < -0.4 is 0 Å². The van der Waals surface area contributed by atoms with Crippen LogP contribution in [-0.2, 0) is 19.1 Å². The van der Waals surface area contributed by atoms with Crippen molar-refractivity contribution >= 4 is 23.8 Å². The van der Waals surface area contributed by atoms with Gasteiger partial charge in [-0.15, -0.1) is 0 Å². The third-order valence-electron chi connectivity index (χ3n) is 3.28.